The van der Waals surface area contributed by atoms with Crippen LogP contribution in [0.3, 0.4) is 0 Å². The molecule has 1 aromatic rings. The van der Waals surface area contributed by atoms with Gasteiger partial charge in [-0.3, -0.25) is 9.79 Å². The fourth-order valence-electron chi connectivity index (χ4n) is 2.24. The van der Waals surface area contributed by atoms with Crippen molar-refractivity contribution in [1.82, 2.24) is 5.32 Å². The van der Waals surface area contributed by atoms with Gasteiger partial charge >= 0.3 is 0 Å². The second-order valence-corrected chi connectivity index (χ2v) is 9.71. The SMILES string of the molecule is COc1ccc(C=NC2CS(=O)(=O)CC2NC(=O)C(Cl)(Cl)Cl)cc1. The highest BCUT2D eigenvalue weighted by atomic mass is 35.6. The molecule has 0 aromatic heterocycles. The van der Waals surface area contributed by atoms with Gasteiger partial charge in [-0.25, -0.2) is 8.42 Å². The van der Waals surface area contributed by atoms with E-state index >= 15 is 0 Å². The predicted molar refractivity (Wildman–Crippen MR) is 95.3 cm³/mol. The summed E-state index contributed by atoms with van der Waals surface area (Å²) < 4.78 is 26.6. The van der Waals surface area contributed by atoms with Gasteiger partial charge in [-0.15, -0.1) is 0 Å². The van der Waals surface area contributed by atoms with Gasteiger partial charge in [0.05, 0.1) is 30.7 Å². The number of aliphatic imine (C=N–C) groups is 1. The van der Waals surface area contributed by atoms with Gasteiger partial charge < -0.3 is 10.1 Å². The molecule has 1 N–H and O–H groups in total. The molecule has 1 fully saturated rings. The summed E-state index contributed by atoms with van der Waals surface area (Å²) in [7, 11) is -1.77. The summed E-state index contributed by atoms with van der Waals surface area (Å²) in [5.74, 6) is -0.600. The Balaban J connectivity index is 2.13. The molecule has 1 aliphatic rings. The third-order valence-corrected chi connectivity index (χ3v) is 5.66. The van der Waals surface area contributed by atoms with Gasteiger partial charge in [0.15, 0.2) is 9.84 Å². The molecule has 10 heteroatoms. The first kappa shape index (κ1) is 19.3. The van der Waals surface area contributed by atoms with E-state index in [1.807, 2.05) is 0 Å². The number of ether oxygens (including phenoxy) is 1. The number of sulfone groups is 1. The van der Waals surface area contributed by atoms with Gasteiger partial charge in [0.2, 0.25) is 0 Å². The molecule has 1 heterocycles. The number of carbonyl (C=O) groups is 1. The van der Waals surface area contributed by atoms with Crippen molar-refractivity contribution in [3.05, 3.63) is 29.8 Å². The van der Waals surface area contributed by atoms with Crippen LogP contribution in [0.5, 0.6) is 5.75 Å². The Labute approximate surface area is 155 Å². The van der Waals surface area contributed by atoms with E-state index in [4.69, 9.17) is 39.5 Å². The Bertz CT molecular complexity index is 729. The molecule has 1 amide bonds. The first-order valence-corrected chi connectivity index (χ1v) is 9.81. The van der Waals surface area contributed by atoms with E-state index in [0.717, 1.165) is 5.56 Å². The Kier molecular flexibility index (Phi) is 6.01. The number of nitrogens with one attached hydrogen (secondary N) is 1. The number of halogens is 3. The van der Waals surface area contributed by atoms with Crippen molar-refractivity contribution in [2.75, 3.05) is 18.6 Å². The van der Waals surface area contributed by atoms with Crippen LogP contribution >= 0.6 is 34.8 Å². The molecule has 24 heavy (non-hydrogen) atoms. The highest BCUT2D eigenvalue weighted by Crippen LogP contribution is 2.27. The Morgan fingerprint density at radius 1 is 1.29 bits per heavy atom. The lowest BCUT2D eigenvalue weighted by molar-refractivity contribution is -0.120. The number of rotatable bonds is 4. The standard InChI is InChI=1S/C14H15Cl3N2O4S/c1-23-10-4-2-9(3-5-10)6-18-11-7-24(21,22)8-12(11)19-13(20)14(15,16)17/h2-6,11-12H,7-8H2,1H3,(H,19,20). The molecular formula is C14H15Cl3N2O4S. The van der Waals surface area contributed by atoms with E-state index in [0.29, 0.717) is 5.75 Å². The molecular weight excluding hydrogens is 399 g/mol. The van der Waals surface area contributed by atoms with Crippen molar-refractivity contribution in [1.29, 1.82) is 0 Å². The number of methoxy groups -OCH3 is 1. The fourth-order valence-corrected chi connectivity index (χ4v) is 4.23. The van der Waals surface area contributed by atoms with Crippen molar-refractivity contribution >= 4 is 56.8 Å². The van der Waals surface area contributed by atoms with Crippen LogP contribution in [0, 0.1) is 0 Å². The monoisotopic (exact) mass is 412 g/mol. The molecule has 0 bridgehead atoms. The Hall–Kier alpha value is -1.02. The molecule has 2 atom stereocenters. The molecule has 1 aromatic carbocycles. The van der Waals surface area contributed by atoms with E-state index in [1.165, 1.54) is 0 Å². The minimum atomic E-state index is -3.33. The zero-order valence-electron chi connectivity index (χ0n) is 12.6. The first-order valence-electron chi connectivity index (χ1n) is 6.86. The van der Waals surface area contributed by atoms with Crippen LogP contribution in [0.2, 0.25) is 0 Å². The molecule has 2 rings (SSSR count). The van der Waals surface area contributed by atoms with Crippen LogP contribution in [-0.4, -0.2) is 55.0 Å². The second kappa shape index (κ2) is 7.47. The van der Waals surface area contributed by atoms with E-state index < -0.39 is 31.6 Å². The molecule has 0 saturated carbocycles. The van der Waals surface area contributed by atoms with Crippen molar-refractivity contribution < 1.29 is 17.9 Å². The Morgan fingerprint density at radius 2 is 1.92 bits per heavy atom. The molecule has 0 aliphatic carbocycles. The number of amides is 1. The van der Waals surface area contributed by atoms with Gasteiger partial charge in [-0.05, 0) is 29.8 Å². The fraction of sp³-hybridized carbons (Fsp3) is 0.429. The molecule has 1 aliphatic heterocycles. The van der Waals surface area contributed by atoms with Crippen molar-refractivity contribution in [3.8, 4) is 5.75 Å². The average molecular weight is 414 g/mol. The third kappa shape index (κ3) is 5.24. The normalized spacial score (nSPS) is 23.3. The summed E-state index contributed by atoms with van der Waals surface area (Å²) in [4.78, 5) is 16.0. The quantitative estimate of drug-likeness (QED) is 0.602. The number of benzene rings is 1. The van der Waals surface area contributed by atoms with Crippen LogP contribution in [0.25, 0.3) is 0 Å². The van der Waals surface area contributed by atoms with Gasteiger partial charge in [0.1, 0.15) is 5.75 Å². The van der Waals surface area contributed by atoms with Crippen molar-refractivity contribution in [2.24, 2.45) is 4.99 Å². The summed E-state index contributed by atoms with van der Waals surface area (Å²) >= 11 is 16.5. The van der Waals surface area contributed by atoms with E-state index in [-0.39, 0.29) is 11.5 Å². The summed E-state index contributed by atoms with van der Waals surface area (Å²) in [6.07, 6.45) is 1.54. The summed E-state index contributed by atoms with van der Waals surface area (Å²) in [6, 6.07) is 5.69. The number of nitrogens with zero attached hydrogens (tertiary/aromatic N) is 1. The van der Waals surface area contributed by atoms with Crippen molar-refractivity contribution in [3.63, 3.8) is 0 Å². The largest absolute Gasteiger partial charge is 0.497 e. The summed E-state index contributed by atoms with van der Waals surface area (Å²) in [5, 5.41) is 2.43. The lowest BCUT2D eigenvalue weighted by Gasteiger charge is -2.19. The molecule has 0 spiro atoms. The van der Waals surface area contributed by atoms with E-state index in [9.17, 15) is 13.2 Å². The number of carbonyl (C=O) groups excluding carboxylic acids is 1. The van der Waals surface area contributed by atoms with Gasteiger partial charge in [0, 0.05) is 6.21 Å². The molecule has 6 nitrogen and oxygen atoms in total. The van der Waals surface area contributed by atoms with E-state index in [2.05, 4.69) is 10.3 Å². The van der Waals surface area contributed by atoms with Crippen LogP contribution in [0.1, 0.15) is 5.56 Å². The minimum absolute atomic E-state index is 0.176. The maximum Gasteiger partial charge on any atom is 0.272 e. The highest BCUT2D eigenvalue weighted by Gasteiger charge is 2.41. The summed E-state index contributed by atoms with van der Waals surface area (Å²) in [5.41, 5.74) is 0.770. The zero-order valence-corrected chi connectivity index (χ0v) is 15.7. The highest BCUT2D eigenvalue weighted by molar-refractivity contribution is 7.91. The predicted octanol–water partition coefficient (Wildman–Crippen LogP) is 1.77. The molecule has 132 valence electrons. The number of hydrogen-bond acceptors (Lipinski definition) is 5. The lowest BCUT2D eigenvalue weighted by atomic mass is 10.1. The number of hydrogen-bond donors (Lipinski definition) is 1. The Morgan fingerprint density at radius 3 is 2.46 bits per heavy atom. The lowest BCUT2D eigenvalue weighted by Crippen LogP contribution is -2.46. The van der Waals surface area contributed by atoms with Gasteiger partial charge in [-0.1, -0.05) is 34.8 Å². The molecule has 2 unspecified atom stereocenters. The van der Waals surface area contributed by atoms with Crippen LogP contribution in [0.15, 0.2) is 29.3 Å². The molecule has 0 radical (unpaired) electrons. The summed E-state index contributed by atoms with van der Waals surface area (Å²) in [6.45, 7) is 0. The zero-order chi connectivity index (χ0) is 18.0. The van der Waals surface area contributed by atoms with Crippen LogP contribution in [-0.2, 0) is 14.6 Å². The van der Waals surface area contributed by atoms with Crippen LogP contribution < -0.4 is 10.1 Å². The van der Waals surface area contributed by atoms with Gasteiger partial charge in [-0.2, -0.15) is 0 Å². The number of alkyl halides is 3. The van der Waals surface area contributed by atoms with Gasteiger partial charge in [0.25, 0.3) is 9.70 Å². The average Bonchev–Trinajstić information content (AvgIpc) is 2.78. The first-order chi connectivity index (χ1) is 11.1. The maximum absolute atomic E-state index is 11.8. The topological polar surface area (TPSA) is 84.8 Å². The smallest absolute Gasteiger partial charge is 0.272 e. The molecule has 1 saturated heterocycles. The maximum atomic E-state index is 11.8. The minimum Gasteiger partial charge on any atom is -0.497 e. The van der Waals surface area contributed by atoms with E-state index in [1.54, 1.807) is 37.6 Å². The van der Waals surface area contributed by atoms with Crippen LogP contribution in [0.4, 0.5) is 0 Å². The third-order valence-electron chi connectivity index (χ3n) is 3.43. The second-order valence-electron chi connectivity index (χ2n) is 5.27. The van der Waals surface area contributed by atoms with Crippen molar-refractivity contribution in [2.45, 2.75) is 15.9 Å².